The van der Waals surface area contributed by atoms with Gasteiger partial charge in [-0.2, -0.15) is 22.0 Å². The number of alkyl halides is 5. The maximum atomic E-state index is 14.6. The molecule has 0 aromatic rings. The van der Waals surface area contributed by atoms with E-state index in [4.69, 9.17) is 0 Å². The van der Waals surface area contributed by atoms with E-state index in [9.17, 15) is 27.1 Å². The summed E-state index contributed by atoms with van der Waals surface area (Å²) in [5.74, 6) is -10.5. The summed E-state index contributed by atoms with van der Waals surface area (Å²) < 4.78 is 72.6. The van der Waals surface area contributed by atoms with Crippen molar-refractivity contribution in [2.75, 3.05) is 6.61 Å². The van der Waals surface area contributed by atoms with Crippen LogP contribution in [0, 0.1) is 35.5 Å². The van der Waals surface area contributed by atoms with Crippen molar-refractivity contribution in [2.24, 2.45) is 35.5 Å². The maximum Gasteiger partial charge on any atom is 0.449 e. The van der Waals surface area contributed by atoms with E-state index in [2.05, 4.69) is 4.74 Å². The van der Waals surface area contributed by atoms with Gasteiger partial charge in [-0.25, -0.2) is 0 Å². The lowest BCUT2D eigenvalue weighted by Gasteiger charge is -2.52. The molecule has 126 valence electrons. The van der Waals surface area contributed by atoms with Crippen molar-refractivity contribution in [3.8, 4) is 0 Å². The van der Waals surface area contributed by atoms with Crippen molar-refractivity contribution in [3.05, 3.63) is 0 Å². The molecule has 3 saturated carbocycles. The van der Waals surface area contributed by atoms with Crippen LogP contribution < -0.4 is 0 Å². The maximum absolute atomic E-state index is 14.6. The second-order valence-corrected chi connectivity index (χ2v) is 7.44. The number of rotatable bonds is 0. The Morgan fingerprint density at radius 3 is 2.09 bits per heavy atom. The number of hydrogen-bond donors (Lipinski definition) is 1. The molecule has 7 heteroatoms. The molecule has 0 amide bonds. The first-order chi connectivity index (χ1) is 10.2. The zero-order valence-corrected chi connectivity index (χ0v) is 12.0. The van der Waals surface area contributed by atoms with Crippen molar-refractivity contribution in [3.63, 3.8) is 0 Å². The van der Waals surface area contributed by atoms with Gasteiger partial charge >= 0.3 is 17.9 Å². The van der Waals surface area contributed by atoms with E-state index in [1.165, 1.54) is 0 Å². The fraction of sp³-hybridized carbons (Fsp3) is 1.00. The fourth-order valence-corrected chi connectivity index (χ4v) is 5.98. The Morgan fingerprint density at radius 2 is 1.50 bits per heavy atom. The summed E-state index contributed by atoms with van der Waals surface area (Å²) in [6, 6.07) is 0. The van der Waals surface area contributed by atoms with E-state index in [-0.39, 0.29) is 11.8 Å². The predicted octanol–water partition coefficient (Wildman–Crippen LogP) is 3.59. The normalized spacial score (nSPS) is 53.2. The molecule has 4 fully saturated rings. The number of ether oxygens (including phenoxy) is 1. The summed E-state index contributed by atoms with van der Waals surface area (Å²) in [7, 11) is 0. The molecule has 2 bridgehead atoms. The average Bonchev–Trinajstić information content (AvgIpc) is 2.99. The molecule has 0 spiro atoms. The van der Waals surface area contributed by atoms with Crippen LogP contribution in [0.25, 0.3) is 0 Å². The minimum Gasteiger partial charge on any atom is -0.354 e. The van der Waals surface area contributed by atoms with Gasteiger partial charge in [0, 0.05) is 5.92 Å². The van der Waals surface area contributed by atoms with Crippen molar-refractivity contribution in [2.45, 2.75) is 50.0 Å². The van der Waals surface area contributed by atoms with E-state index in [0.717, 1.165) is 25.7 Å². The van der Waals surface area contributed by atoms with Crippen LogP contribution in [0.3, 0.4) is 0 Å². The van der Waals surface area contributed by atoms with Gasteiger partial charge in [-0.3, -0.25) is 0 Å². The standard InChI is InChI=1S/C15H19F5O2/c16-13(17)12-10-5-9(7-3-1-2-4-8(7)10)11(12)6-22-14(13,21)15(18,19)20/h7-12,21H,1-6H2. The molecule has 1 aliphatic heterocycles. The molecule has 7 unspecified atom stereocenters. The van der Waals surface area contributed by atoms with Gasteiger partial charge in [-0.05, 0) is 48.9 Å². The second kappa shape index (κ2) is 4.35. The molecule has 0 aromatic carbocycles. The molecule has 22 heavy (non-hydrogen) atoms. The zero-order chi connectivity index (χ0) is 15.9. The van der Waals surface area contributed by atoms with Gasteiger partial charge in [-0.15, -0.1) is 0 Å². The summed E-state index contributed by atoms with van der Waals surface area (Å²) in [4.78, 5) is 0. The van der Waals surface area contributed by atoms with E-state index in [1.807, 2.05) is 0 Å². The Balaban J connectivity index is 1.71. The molecule has 4 aliphatic rings. The third kappa shape index (κ3) is 1.62. The average molecular weight is 326 g/mol. The lowest BCUT2D eigenvalue weighted by atomic mass is 9.60. The molecular weight excluding hydrogens is 307 g/mol. The summed E-state index contributed by atoms with van der Waals surface area (Å²) in [6.45, 7) is -0.416. The quantitative estimate of drug-likeness (QED) is 0.689. The summed E-state index contributed by atoms with van der Waals surface area (Å²) in [5, 5.41) is 9.61. The molecule has 4 rings (SSSR count). The molecule has 1 heterocycles. The summed E-state index contributed by atoms with van der Waals surface area (Å²) in [5.41, 5.74) is 0. The number of hydrogen-bond acceptors (Lipinski definition) is 2. The third-order valence-corrected chi connectivity index (χ3v) is 6.73. The Hall–Kier alpha value is -0.430. The van der Waals surface area contributed by atoms with Crippen LogP contribution >= 0.6 is 0 Å². The monoisotopic (exact) mass is 326 g/mol. The molecule has 1 saturated heterocycles. The molecule has 1 N–H and O–H groups in total. The van der Waals surface area contributed by atoms with Gasteiger partial charge in [0.25, 0.3) is 0 Å². The van der Waals surface area contributed by atoms with Gasteiger partial charge in [0.15, 0.2) is 0 Å². The van der Waals surface area contributed by atoms with Crippen molar-refractivity contribution in [1.82, 2.24) is 0 Å². The van der Waals surface area contributed by atoms with Gasteiger partial charge in [0.05, 0.1) is 6.61 Å². The van der Waals surface area contributed by atoms with E-state index >= 15 is 0 Å². The number of aliphatic hydroxyl groups is 1. The highest BCUT2D eigenvalue weighted by atomic mass is 19.4. The topological polar surface area (TPSA) is 29.5 Å². The van der Waals surface area contributed by atoms with Gasteiger partial charge in [-0.1, -0.05) is 12.8 Å². The summed E-state index contributed by atoms with van der Waals surface area (Å²) in [6.07, 6.45) is -1.06. The first-order valence-corrected chi connectivity index (χ1v) is 7.99. The smallest absolute Gasteiger partial charge is 0.354 e. The van der Waals surface area contributed by atoms with Gasteiger partial charge in [0.1, 0.15) is 0 Å². The number of halogens is 5. The SMILES string of the molecule is OC1(C(F)(F)F)OCC2C3CC(C4CCCCC34)C2C1(F)F. The second-order valence-electron chi connectivity index (χ2n) is 7.44. The highest BCUT2D eigenvalue weighted by Gasteiger charge is 2.80. The fourth-order valence-electron chi connectivity index (χ4n) is 5.98. The molecular formula is C15H19F5O2. The molecule has 2 nitrogen and oxygen atoms in total. The molecule has 0 aromatic heterocycles. The zero-order valence-electron chi connectivity index (χ0n) is 12.0. The predicted molar refractivity (Wildman–Crippen MR) is 65.9 cm³/mol. The Bertz CT molecular complexity index is 479. The lowest BCUT2D eigenvalue weighted by Crippen LogP contribution is -2.69. The Labute approximate surface area is 125 Å². The van der Waals surface area contributed by atoms with Crippen LogP contribution in [0.4, 0.5) is 22.0 Å². The molecule has 3 aliphatic carbocycles. The number of fused-ring (bicyclic) bond motifs is 8. The highest BCUT2D eigenvalue weighted by Crippen LogP contribution is 2.69. The summed E-state index contributed by atoms with van der Waals surface area (Å²) >= 11 is 0. The Kier molecular flexibility index (Phi) is 2.99. The van der Waals surface area contributed by atoms with Crippen LogP contribution in [0.5, 0.6) is 0 Å². The first kappa shape index (κ1) is 15.1. The van der Waals surface area contributed by atoms with E-state index < -0.39 is 42.2 Å². The van der Waals surface area contributed by atoms with Gasteiger partial charge < -0.3 is 9.84 Å². The van der Waals surface area contributed by atoms with Crippen molar-refractivity contribution in [1.29, 1.82) is 0 Å². The van der Waals surface area contributed by atoms with Gasteiger partial charge in [0.2, 0.25) is 0 Å². The first-order valence-electron chi connectivity index (χ1n) is 7.99. The van der Waals surface area contributed by atoms with E-state index in [0.29, 0.717) is 12.3 Å². The van der Waals surface area contributed by atoms with Crippen LogP contribution in [-0.2, 0) is 4.74 Å². The minimum atomic E-state index is -5.49. The lowest BCUT2D eigenvalue weighted by molar-refractivity contribution is -0.463. The molecule has 7 atom stereocenters. The van der Waals surface area contributed by atoms with Crippen LogP contribution in [0.15, 0.2) is 0 Å². The van der Waals surface area contributed by atoms with Crippen LogP contribution in [0.1, 0.15) is 32.1 Å². The Morgan fingerprint density at radius 1 is 0.909 bits per heavy atom. The highest BCUT2D eigenvalue weighted by molar-refractivity contribution is 5.14. The largest absolute Gasteiger partial charge is 0.449 e. The molecule has 0 radical (unpaired) electrons. The van der Waals surface area contributed by atoms with E-state index in [1.54, 1.807) is 0 Å². The third-order valence-electron chi connectivity index (χ3n) is 6.73. The van der Waals surface area contributed by atoms with Crippen LogP contribution in [-0.4, -0.2) is 29.6 Å². The van der Waals surface area contributed by atoms with Crippen LogP contribution in [0.2, 0.25) is 0 Å². The minimum absolute atomic E-state index is 0.0314. The van der Waals surface area contributed by atoms with Crippen molar-refractivity contribution >= 4 is 0 Å². The van der Waals surface area contributed by atoms with Crippen molar-refractivity contribution < 1.29 is 31.8 Å².